The molecule has 5 nitrogen and oxygen atoms in total. The highest BCUT2D eigenvalue weighted by Gasteiger charge is 2.71. The number of β-amino-alcohol motifs (C(OH)–C–C–N with tert-alkyl or cyclic N) is 1. The normalized spacial score (nSPS) is 23.3. The Labute approximate surface area is 173 Å². The maximum atomic E-state index is 13.3. The molecule has 2 heterocycles. The van der Waals surface area contributed by atoms with Crippen LogP contribution in [-0.2, 0) is 0 Å². The average Bonchev–Trinajstić information content (AvgIpc) is 3.05. The summed E-state index contributed by atoms with van der Waals surface area (Å²) in [6, 6.07) is 15.6. The molecule has 156 valence electrons. The van der Waals surface area contributed by atoms with Crippen molar-refractivity contribution in [2.75, 3.05) is 32.0 Å². The van der Waals surface area contributed by atoms with E-state index in [9.17, 15) is 13.9 Å². The number of pyridine rings is 1. The van der Waals surface area contributed by atoms with Gasteiger partial charge in [0.25, 0.3) is 5.92 Å². The number of ether oxygens (including phenoxy) is 1. The zero-order valence-corrected chi connectivity index (χ0v) is 16.3. The van der Waals surface area contributed by atoms with Crippen LogP contribution in [0.3, 0.4) is 0 Å². The van der Waals surface area contributed by atoms with Gasteiger partial charge in [-0.2, -0.15) is 0 Å². The number of nitrogens with two attached hydrogens (primary N) is 1. The number of nitrogens with zero attached hydrogens (tertiary/aromatic N) is 2. The molecule has 3 aromatic rings. The van der Waals surface area contributed by atoms with E-state index in [1.807, 2.05) is 41.3 Å². The highest BCUT2D eigenvalue weighted by atomic mass is 19.3. The van der Waals surface area contributed by atoms with Crippen LogP contribution in [0.5, 0.6) is 5.75 Å². The van der Waals surface area contributed by atoms with Gasteiger partial charge in [-0.25, -0.2) is 13.8 Å². The summed E-state index contributed by atoms with van der Waals surface area (Å²) >= 11 is 0. The van der Waals surface area contributed by atoms with Crippen molar-refractivity contribution in [2.45, 2.75) is 12.0 Å². The fraction of sp³-hybridized carbons (Fsp3) is 0.348. The van der Waals surface area contributed by atoms with Crippen molar-refractivity contribution in [2.24, 2.45) is 11.8 Å². The predicted octanol–water partition coefficient (Wildman–Crippen LogP) is 3.42. The number of aromatic nitrogens is 1. The van der Waals surface area contributed by atoms with Gasteiger partial charge in [0, 0.05) is 43.2 Å². The molecule has 0 spiro atoms. The van der Waals surface area contributed by atoms with Crippen LogP contribution in [0.25, 0.3) is 21.9 Å². The van der Waals surface area contributed by atoms with Crippen molar-refractivity contribution in [1.82, 2.24) is 9.88 Å². The molecule has 1 aliphatic carbocycles. The molecule has 7 heteroatoms. The number of alkyl halides is 2. The van der Waals surface area contributed by atoms with Gasteiger partial charge in [-0.05, 0) is 46.7 Å². The number of anilines is 1. The second kappa shape index (κ2) is 7.18. The van der Waals surface area contributed by atoms with E-state index < -0.39 is 23.9 Å². The number of likely N-dealkylation sites (tertiary alicyclic amines) is 1. The number of aliphatic hydroxyl groups excluding tert-OH is 1. The second-order valence-electron chi connectivity index (χ2n) is 8.27. The number of hydrogen-bond acceptors (Lipinski definition) is 5. The molecule has 2 fully saturated rings. The summed E-state index contributed by atoms with van der Waals surface area (Å²) in [6.07, 6.45) is 1.03. The average molecular weight is 411 g/mol. The SMILES string of the molecule is Nc1ccc(-c2ccc3cc(OCC(O)CN4CC5C(C4)C5(F)F)ccc3c2)cn1. The van der Waals surface area contributed by atoms with Gasteiger partial charge in [0.15, 0.2) is 0 Å². The smallest absolute Gasteiger partial charge is 0.257 e. The first-order valence-electron chi connectivity index (χ1n) is 10.1. The van der Waals surface area contributed by atoms with E-state index in [1.54, 1.807) is 12.3 Å². The van der Waals surface area contributed by atoms with Gasteiger partial charge >= 0.3 is 0 Å². The van der Waals surface area contributed by atoms with Crippen molar-refractivity contribution < 1.29 is 18.6 Å². The predicted molar refractivity (Wildman–Crippen MR) is 111 cm³/mol. The molecule has 0 amide bonds. The van der Waals surface area contributed by atoms with Gasteiger partial charge in [0.05, 0.1) is 0 Å². The molecule has 3 unspecified atom stereocenters. The van der Waals surface area contributed by atoms with Crippen molar-refractivity contribution >= 4 is 16.6 Å². The van der Waals surface area contributed by atoms with E-state index in [4.69, 9.17) is 10.5 Å². The first kappa shape index (κ1) is 19.2. The van der Waals surface area contributed by atoms with Crippen molar-refractivity contribution in [3.8, 4) is 16.9 Å². The van der Waals surface area contributed by atoms with Crippen LogP contribution in [-0.4, -0.2) is 53.3 Å². The van der Waals surface area contributed by atoms with Gasteiger partial charge in [-0.15, -0.1) is 0 Å². The fourth-order valence-electron chi connectivity index (χ4n) is 4.35. The first-order valence-corrected chi connectivity index (χ1v) is 10.1. The van der Waals surface area contributed by atoms with E-state index in [0.717, 1.165) is 21.9 Å². The lowest BCUT2D eigenvalue weighted by molar-refractivity contribution is 0.0302. The number of rotatable bonds is 6. The molecular weight excluding hydrogens is 388 g/mol. The van der Waals surface area contributed by atoms with Gasteiger partial charge in [-0.1, -0.05) is 18.2 Å². The Morgan fingerprint density at radius 3 is 2.50 bits per heavy atom. The van der Waals surface area contributed by atoms with Gasteiger partial charge in [0.2, 0.25) is 0 Å². The summed E-state index contributed by atoms with van der Waals surface area (Å²) in [5.41, 5.74) is 7.69. The number of aliphatic hydroxyl groups is 1. The standard InChI is InChI=1S/C23H23F2N3O2/c24-23(25)20-11-28(12-21(20)23)10-18(29)13-30-19-5-3-14-7-15(1-2-16(14)8-19)17-4-6-22(26)27-9-17/h1-9,18,20-21,29H,10-13H2,(H2,26,27). The number of nitrogen functional groups attached to an aromatic ring is 1. The summed E-state index contributed by atoms with van der Waals surface area (Å²) < 4.78 is 32.3. The highest BCUT2D eigenvalue weighted by molar-refractivity contribution is 5.88. The number of hydrogen-bond donors (Lipinski definition) is 2. The first-order chi connectivity index (χ1) is 14.4. The molecule has 0 radical (unpaired) electrons. The quantitative estimate of drug-likeness (QED) is 0.650. The van der Waals surface area contributed by atoms with Crippen LogP contribution in [0, 0.1) is 11.8 Å². The summed E-state index contributed by atoms with van der Waals surface area (Å²) in [4.78, 5) is 6.03. The molecule has 3 atom stereocenters. The van der Waals surface area contributed by atoms with Gasteiger partial charge in [0.1, 0.15) is 24.3 Å². The molecular formula is C23H23F2N3O2. The number of fused-ring (bicyclic) bond motifs is 2. The molecule has 5 rings (SSSR count). The van der Waals surface area contributed by atoms with Gasteiger partial charge < -0.3 is 15.6 Å². The Morgan fingerprint density at radius 2 is 1.77 bits per heavy atom. The van der Waals surface area contributed by atoms with Crippen LogP contribution < -0.4 is 10.5 Å². The van der Waals surface area contributed by atoms with E-state index in [0.29, 0.717) is 31.2 Å². The maximum Gasteiger partial charge on any atom is 0.257 e. The minimum absolute atomic E-state index is 0.128. The molecule has 1 aliphatic heterocycles. The fourth-order valence-corrected chi connectivity index (χ4v) is 4.35. The van der Waals surface area contributed by atoms with Gasteiger partial charge in [-0.3, -0.25) is 4.90 Å². The van der Waals surface area contributed by atoms with Crippen molar-refractivity contribution in [1.29, 1.82) is 0 Å². The Morgan fingerprint density at radius 1 is 1.07 bits per heavy atom. The Balaban J connectivity index is 1.19. The monoisotopic (exact) mass is 411 g/mol. The van der Waals surface area contributed by atoms with E-state index in [2.05, 4.69) is 11.1 Å². The molecule has 2 aliphatic rings. The van der Waals surface area contributed by atoms with Crippen LogP contribution in [0.4, 0.5) is 14.6 Å². The Kier molecular flexibility index (Phi) is 4.60. The lowest BCUT2D eigenvalue weighted by Gasteiger charge is -2.22. The lowest BCUT2D eigenvalue weighted by Crippen LogP contribution is -2.37. The van der Waals surface area contributed by atoms with Crippen LogP contribution in [0.15, 0.2) is 54.7 Å². The third-order valence-corrected chi connectivity index (χ3v) is 6.12. The number of benzene rings is 2. The van der Waals surface area contributed by atoms with E-state index in [-0.39, 0.29) is 6.61 Å². The highest BCUT2D eigenvalue weighted by Crippen LogP contribution is 2.59. The van der Waals surface area contributed by atoms with Crippen LogP contribution in [0.2, 0.25) is 0 Å². The molecule has 1 saturated carbocycles. The largest absolute Gasteiger partial charge is 0.491 e. The summed E-state index contributed by atoms with van der Waals surface area (Å²) in [5.74, 6) is -2.39. The van der Waals surface area contributed by atoms with Crippen molar-refractivity contribution in [3.63, 3.8) is 0 Å². The third kappa shape index (κ3) is 3.59. The molecule has 1 aromatic heterocycles. The topological polar surface area (TPSA) is 71.6 Å². The second-order valence-corrected chi connectivity index (χ2v) is 8.27. The molecule has 2 aromatic carbocycles. The summed E-state index contributed by atoms with van der Waals surface area (Å²) in [5, 5.41) is 12.3. The molecule has 30 heavy (non-hydrogen) atoms. The van der Waals surface area contributed by atoms with Crippen molar-refractivity contribution in [3.05, 3.63) is 54.7 Å². The zero-order valence-electron chi connectivity index (χ0n) is 16.3. The lowest BCUT2D eigenvalue weighted by atomic mass is 10.0. The summed E-state index contributed by atoms with van der Waals surface area (Å²) in [7, 11) is 0. The van der Waals surface area contributed by atoms with Crippen LogP contribution >= 0.6 is 0 Å². The molecule has 3 N–H and O–H groups in total. The maximum absolute atomic E-state index is 13.3. The molecule has 0 bridgehead atoms. The Bertz CT molecular complexity index is 1060. The zero-order chi connectivity index (χ0) is 20.9. The molecule has 1 saturated heterocycles. The summed E-state index contributed by atoms with van der Waals surface area (Å²) in [6.45, 7) is 1.20. The number of halogens is 2. The third-order valence-electron chi connectivity index (χ3n) is 6.12. The number of piperidine rings is 1. The Hall–Kier alpha value is -2.77. The van der Waals surface area contributed by atoms with E-state index >= 15 is 0 Å². The van der Waals surface area contributed by atoms with E-state index in [1.165, 1.54) is 0 Å². The minimum Gasteiger partial charge on any atom is -0.491 e. The minimum atomic E-state index is -2.49. The van der Waals surface area contributed by atoms with Crippen LogP contribution in [0.1, 0.15) is 0 Å².